The molecule has 3 unspecified atom stereocenters. The van der Waals surface area contributed by atoms with Crippen molar-refractivity contribution in [2.24, 2.45) is 0 Å². The van der Waals surface area contributed by atoms with E-state index in [0.29, 0.717) is 12.1 Å². The fourth-order valence-corrected chi connectivity index (χ4v) is 2.13. The van der Waals surface area contributed by atoms with Crippen LogP contribution < -0.4 is 10.6 Å². The van der Waals surface area contributed by atoms with Crippen molar-refractivity contribution >= 4 is 5.91 Å². The van der Waals surface area contributed by atoms with Gasteiger partial charge in [-0.05, 0) is 26.2 Å². The summed E-state index contributed by atoms with van der Waals surface area (Å²) in [6, 6.07) is 0.812. The minimum Gasteiger partial charge on any atom is -0.368 e. The molecule has 2 aliphatic heterocycles. The summed E-state index contributed by atoms with van der Waals surface area (Å²) in [5.41, 5.74) is 0. The fraction of sp³-hybridized carbons (Fsp3) is 0.900. The Balaban J connectivity index is 1.76. The van der Waals surface area contributed by atoms with Gasteiger partial charge in [0.05, 0.1) is 0 Å². The maximum atomic E-state index is 11.6. The molecule has 2 heterocycles. The first-order valence-corrected chi connectivity index (χ1v) is 5.41. The predicted octanol–water partition coefficient (Wildman–Crippen LogP) is 0.0320. The SMILES string of the molecule is CC1CC(NC(=O)C2CCCO2)CN1. The first-order valence-electron chi connectivity index (χ1n) is 5.41. The van der Waals surface area contributed by atoms with Crippen LogP contribution in [0, 0.1) is 0 Å². The molecule has 2 N–H and O–H groups in total. The van der Waals surface area contributed by atoms with E-state index in [-0.39, 0.29) is 12.0 Å². The Labute approximate surface area is 84.4 Å². The van der Waals surface area contributed by atoms with Crippen LogP contribution in [0.25, 0.3) is 0 Å². The van der Waals surface area contributed by atoms with Crippen molar-refractivity contribution in [1.29, 1.82) is 0 Å². The molecule has 4 heteroatoms. The maximum absolute atomic E-state index is 11.6. The number of carbonyl (C=O) groups is 1. The molecule has 1 amide bonds. The Morgan fingerprint density at radius 3 is 3.00 bits per heavy atom. The highest BCUT2D eigenvalue weighted by molar-refractivity contribution is 5.81. The maximum Gasteiger partial charge on any atom is 0.249 e. The largest absolute Gasteiger partial charge is 0.368 e. The van der Waals surface area contributed by atoms with E-state index >= 15 is 0 Å². The lowest BCUT2D eigenvalue weighted by Gasteiger charge is -2.14. The third kappa shape index (κ3) is 2.25. The van der Waals surface area contributed by atoms with Crippen LogP contribution in [0.4, 0.5) is 0 Å². The van der Waals surface area contributed by atoms with Gasteiger partial charge >= 0.3 is 0 Å². The van der Waals surface area contributed by atoms with Gasteiger partial charge in [0.2, 0.25) is 5.91 Å². The molecule has 0 aromatic carbocycles. The average molecular weight is 198 g/mol. The molecule has 2 aliphatic rings. The molecule has 2 saturated heterocycles. The second-order valence-corrected chi connectivity index (χ2v) is 4.25. The lowest BCUT2D eigenvalue weighted by atomic mass is 10.1. The molecule has 2 fully saturated rings. The first kappa shape index (κ1) is 9.93. The molecule has 80 valence electrons. The van der Waals surface area contributed by atoms with E-state index in [9.17, 15) is 4.79 Å². The van der Waals surface area contributed by atoms with Crippen molar-refractivity contribution in [3.8, 4) is 0 Å². The molecule has 2 rings (SSSR count). The fourth-order valence-electron chi connectivity index (χ4n) is 2.13. The molecule has 4 nitrogen and oxygen atoms in total. The van der Waals surface area contributed by atoms with Crippen LogP contribution in [-0.4, -0.2) is 37.2 Å². The van der Waals surface area contributed by atoms with Crippen molar-refractivity contribution in [3.05, 3.63) is 0 Å². The Morgan fingerprint density at radius 2 is 2.43 bits per heavy atom. The molecule has 3 atom stereocenters. The van der Waals surface area contributed by atoms with Crippen LogP contribution in [0.3, 0.4) is 0 Å². The van der Waals surface area contributed by atoms with E-state index < -0.39 is 0 Å². The van der Waals surface area contributed by atoms with E-state index in [4.69, 9.17) is 4.74 Å². The van der Waals surface area contributed by atoms with Crippen LogP contribution >= 0.6 is 0 Å². The normalized spacial score (nSPS) is 37.4. The number of hydrogen-bond acceptors (Lipinski definition) is 3. The summed E-state index contributed by atoms with van der Waals surface area (Å²) in [5, 5.41) is 6.33. The third-order valence-electron chi connectivity index (χ3n) is 2.92. The second-order valence-electron chi connectivity index (χ2n) is 4.25. The van der Waals surface area contributed by atoms with Crippen molar-refractivity contribution in [2.45, 2.75) is 44.4 Å². The molecule has 0 aromatic rings. The van der Waals surface area contributed by atoms with Crippen LogP contribution in [0.2, 0.25) is 0 Å². The molecule has 0 aliphatic carbocycles. The number of ether oxygens (including phenoxy) is 1. The Bertz CT molecular complexity index is 214. The van der Waals surface area contributed by atoms with E-state index in [0.717, 1.165) is 32.4 Å². The minimum atomic E-state index is -0.189. The summed E-state index contributed by atoms with van der Waals surface area (Å²) in [5.74, 6) is 0.0726. The van der Waals surface area contributed by atoms with E-state index in [1.807, 2.05) is 0 Å². The molecular formula is C10H18N2O2. The second kappa shape index (κ2) is 4.28. The lowest BCUT2D eigenvalue weighted by Crippen LogP contribution is -2.42. The molecule has 0 aromatic heterocycles. The highest BCUT2D eigenvalue weighted by Gasteiger charge is 2.28. The van der Waals surface area contributed by atoms with Crippen LogP contribution in [-0.2, 0) is 9.53 Å². The predicted molar refractivity (Wildman–Crippen MR) is 53.0 cm³/mol. The highest BCUT2D eigenvalue weighted by Crippen LogP contribution is 2.13. The molecule has 0 saturated carbocycles. The van der Waals surface area contributed by atoms with Gasteiger partial charge in [-0.25, -0.2) is 0 Å². The summed E-state index contributed by atoms with van der Waals surface area (Å²) in [6.07, 6.45) is 2.73. The minimum absolute atomic E-state index is 0.0726. The summed E-state index contributed by atoms with van der Waals surface area (Å²) >= 11 is 0. The first-order chi connectivity index (χ1) is 6.75. The van der Waals surface area contributed by atoms with E-state index in [1.165, 1.54) is 0 Å². The monoisotopic (exact) mass is 198 g/mol. The highest BCUT2D eigenvalue weighted by atomic mass is 16.5. The van der Waals surface area contributed by atoms with E-state index in [1.54, 1.807) is 0 Å². The van der Waals surface area contributed by atoms with Gasteiger partial charge in [-0.2, -0.15) is 0 Å². The lowest BCUT2D eigenvalue weighted by molar-refractivity contribution is -0.130. The summed E-state index contributed by atoms with van der Waals surface area (Å²) < 4.78 is 5.32. The molecule has 0 radical (unpaired) electrons. The van der Waals surface area contributed by atoms with Gasteiger partial charge in [0.15, 0.2) is 0 Å². The van der Waals surface area contributed by atoms with Gasteiger partial charge in [-0.1, -0.05) is 0 Å². The number of nitrogens with one attached hydrogen (secondary N) is 2. The number of carbonyl (C=O) groups excluding carboxylic acids is 1. The summed E-state index contributed by atoms with van der Waals surface area (Å²) in [7, 11) is 0. The molecule has 0 bridgehead atoms. The standard InChI is InChI=1S/C10H18N2O2/c1-7-5-8(6-11-7)12-10(13)9-3-2-4-14-9/h7-9,11H,2-6H2,1H3,(H,12,13). The van der Waals surface area contributed by atoms with Crippen LogP contribution in [0.1, 0.15) is 26.2 Å². The summed E-state index contributed by atoms with van der Waals surface area (Å²) in [6.45, 7) is 3.76. The zero-order valence-electron chi connectivity index (χ0n) is 8.58. The zero-order chi connectivity index (χ0) is 9.97. The van der Waals surface area contributed by atoms with Crippen LogP contribution in [0.5, 0.6) is 0 Å². The van der Waals surface area contributed by atoms with Gasteiger partial charge in [0.25, 0.3) is 0 Å². The Kier molecular flexibility index (Phi) is 3.03. The Hall–Kier alpha value is -0.610. The van der Waals surface area contributed by atoms with Crippen molar-refractivity contribution in [1.82, 2.24) is 10.6 Å². The number of hydrogen-bond donors (Lipinski definition) is 2. The summed E-state index contributed by atoms with van der Waals surface area (Å²) in [4.78, 5) is 11.6. The molecule has 14 heavy (non-hydrogen) atoms. The van der Waals surface area contributed by atoms with Crippen molar-refractivity contribution in [2.75, 3.05) is 13.2 Å². The Morgan fingerprint density at radius 1 is 1.57 bits per heavy atom. The molecule has 0 spiro atoms. The topological polar surface area (TPSA) is 50.4 Å². The van der Waals surface area contributed by atoms with E-state index in [2.05, 4.69) is 17.6 Å². The van der Waals surface area contributed by atoms with Gasteiger partial charge in [0, 0.05) is 25.2 Å². The quantitative estimate of drug-likeness (QED) is 0.658. The van der Waals surface area contributed by atoms with Gasteiger partial charge in [-0.15, -0.1) is 0 Å². The zero-order valence-corrected chi connectivity index (χ0v) is 8.58. The third-order valence-corrected chi connectivity index (χ3v) is 2.92. The average Bonchev–Trinajstić information content (AvgIpc) is 2.75. The number of rotatable bonds is 2. The smallest absolute Gasteiger partial charge is 0.249 e. The number of amides is 1. The molecular weight excluding hydrogens is 180 g/mol. The van der Waals surface area contributed by atoms with Gasteiger partial charge in [-0.3, -0.25) is 4.79 Å². The van der Waals surface area contributed by atoms with Crippen molar-refractivity contribution in [3.63, 3.8) is 0 Å². The van der Waals surface area contributed by atoms with Crippen molar-refractivity contribution < 1.29 is 9.53 Å². The van der Waals surface area contributed by atoms with Gasteiger partial charge < -0.3 is 15.4 Å². The van der Waals surface area contributed by atoms with Crippen LogP contribution in [0.15, 0.2) is 0 Å². The van der Waals surface area contributed by atoms with Gasteiger partial charge in [0.1, 0.15) is 6.10 Å².